The lowest BCUT2D eigenvalue weighted by Gasteiger charge is -2.31. The number of hydrogen-bond acceptors (Lipinski definition) is 4. The minimum Gasteiger partial charge on any atom is -0.463 e. The highest BCUT2D eigenvalue weighted by Gasteiger charge is 2.37. The van der Waals surface area contributed by atoms with E-state index in [1.165, 1.54) is 0 Å². The van der Waals surface area contributed by atoms with Gasteiger partial charge in [-0.2, -0.15) is 0 Å². The molecule has 4 heteroatoms. The number of carbonyl (C=O) groups is 1. The number of carbonyl (C=O) groups excluding carboxylic acids is 1. The maximum absolute atomic E-state index is 13.2. The van der Waals surface area contributed by atoms with Crippen LogP contribution in [0.5, 0.6) is 5.75 Å². The van der Waals surface area contributed by atoms with Crippen molar-refractivity contribution < 1.29 is 14.3 Å². The van der Waals surface area contributed by atoms with E-state index in [1.54, 1.807) is 13.3 Å². The summed E-state index contributed by atoms with van der Waals surface area (Å²) in [6.45, 7) is 0. The van der Waals surface area contributed by atoms with Gasteiger partial charge in [0.25, 0.3) is 0 Å². The molecule has 26 heavy (non-hydrogen) atoms. The van der Waals surface area contributed by atoms with Gasteiger partial charge in [-0.25, -0.2) is 0 Å². The van der Waals surface area contributed by atoms with E-state index in [9.17, 15) is 4.79 Å². The molecule has 130 valence electrons. The van der Waals surface area contributed by atoms with Crippen LogP contribution in [0.15, 0.2) is 72.9 Å². The SMILES string of the molecule is COC1Oc2ccc(-c3ccccn3)cc2C(=O)C1Cc1ccccc1. The van der Waals surface area contributed by atoms with E-state index >= 15 is 0 Å². The Balaban J connectivity index is 1.69. The first kappa shape index (κ1) is 16.5. The van der Waals surface area contributed by atoms with Crippen LogP contribution in [0.4, 0.5) is 0 Å². The number of rotatable bonds is 4. The molecule has 3 aromatic rings. The van der Waals surface area contributed by atoms with Gasteiger partial charge < -0.3 is 9.47 Å². The first-order chi connectivity index (χ1) is 12.8. The molecule has 1 aromatic heterocycles. The van der Waals surface area contributed by atoms with E-state index in [-0.39, 0.29) is 11.7 Å². The van der Waals surface area contributed by atoms with Crippen molar-refractivity contribution in [3.05, 3.63) is 84.1 Å². The van der Waals surface area contributed by atoms with Crippen molar-refractivity contribution in [2.24, 2.45) is 5.92 Å². The molecule has 2 heterocycles. The van der Waals surface area contributed by atoms with Crippen LogP contribution in [0.2, 0.25) is 0 Å². The normalized spacial score (nSPS) is 18.9. The van der Waals surface area contributed by atoms with E-state index in [0.717, 1.165) is 16.8 Å². The molecule has 0 amide bonds. The van der Waals surface area contributed by atoms with Crippen LogP contribution in [0.25, 0.3) is 11.3 Å². The van der Waals surface area contributed by atoms with Gasteiger partial charge in [0, 0.05) is 18.9 Å². The zero-order chi connectivity index (χ0) is 17.9. The van der Waals surface area contributed by atoms with Crippen molar-refractivity contribution in [2.45, 2.75) is 12.7 Å². The van der Waals surface area contributed by atoms with Crippen molar-refractivity contribution in [3.8, 4) is 17.0 Å². The van der Waals surface area contributed by atoms with Crippen molar-refractivity contribution in [1.82, 2.24) is 4.98 Å². The van der Waals surface area contributed by atoms with Crippen LogP contribution in [0, 0.1) is 5.92 Å². The highest BCUT2D eigenvalue weighted by molar-refractivity contribution is 6.02. The molecule has 2 atom stereocenters. The fourth-order valence-corrected chi connectivity index (χ4v) is 3.32. The number of methoxy groups -OCH3 is 1. The standard InChI is InChI=1S/C22H19NO3/c1-25-22-18(13-15-7-3-2-4-8-15)21(24)17-14-16(10-11-20(17)26-22)19-9-5-6-12-23-19/h2-12,14,18,22H,13H2,1H3. The van der Waals surface area contributed by atoms with Gasteiger partial charge in [-0.15, -0.1) is 0 Å². The third-order valence-corrected chi connectivity index (χ3v) is 4.64. The summed E-state index contributed by atoms with van der Waals surface area (Å²) in [6, 6.07) is 21.3. The summed E-state index contributed by atoms with van der Waals surface area (Å²) in [4.78, 5) is 17.6. The summed E-state index contributed by atoms with van der Waals surface area (Å²) in [5.41, 5.74) is 3.40. The van der Waals surface area contributed by atoms with Crippen molar-refractivity contribution >= 4 is 5.78 Å². The van der Waals surface area contributed by atoms with E-state index in [0.29, 0.717) is 17.7 Å². The van der Waals surface area contributed by atoms with Gasteiger partial charge in [0.05, 0.1) is 17.2 Å². The first-order valence-corrected chi connectivity index (χ1v) is 8.59. The molecular weight excluding hydrogens is 326 g/mol. The quantitative estimate of drug-likeness (QED) is 0.712. The number of benzene rings is 2. The second kappa shape index (κ2) is 7.10. The van der Waals surface area contributed by atoms with E-state index in [4.69, 9.17) is 9.47 Å². The molecule has 0 radical (unpaired) electrons. The number of ether oxygens (including phenoxy) is 2. The molecule has 4 nitrogen and oxygen atoms in total. The molecule has 2 unspecified atom stereocenters. The molecule has 0 aliphatic carbocycles. The number of aromatic nitrogens is 1. The monoisotopic (exact) mass is 345 g/mol. The van der Waals surface area contributed by atoms with Crippen LogP contribution < -0.4 is 4.74 Å². The molecule has 0 saturated heterocycles. The molecule has 0 bridgehead atoms. The second-order valence-electron chi connectivity index (χ2n) is 6.31. The van der Waals surface area contributed by atoms with Gasteiger partial charge in [0.15, 0.2) is 5.78 Å². The zero-order valence-corrected chi connectivity index (χ0v) is 14.5. The minimum atomic E-state index is -0.587. The van der Waals surface area contributed by atoms with E-state index in [2.05, 4.69) is 4.98 Å². The molecule has 1 aliphatic rings. The lowest BCUT2D eigenvalue weighted by Crippen LogP contribution is -2.40. The Labute approximate surface area is 152 Å². The molecule has 0 saturated carbocycles. The molecule has 2 aromatic carbocycles. The van der Waals surface area contributed by atoms with Crippen molar-refractivity contribution in [2.75, 3.05) is 7.11 Å². The minimum absolute atomic E-state index is 0.0414. The zero-order valence-electron chi connectivity index (χ0n) is 14.5. The lowest BCUT2D eigenvalue weighted by atomic mass is 9.87. The summed E-state index contributed by atoms with van der Waals surface area (Å²) in [5.74, 6) is 0.222. The number of nitrogens with zero attached hydrogens (tertiary/aromatic N) is 1. The Morgan fingerprint density at radius 2 is 1.85 bits per heavy atom. The average molecular weight is 345 g/mol. The van der Waals surface area contributed by atoms with Crippen LogP contribution >= 0.6 is 0 Å². The lowest BCUT2D eigenvalue weighted by molar-refractivity contribution is -0.0881. The molecule has 0 N–H and O–H groups in total. The molecule has 0 spiro atoms. The van der Waals surface area contributed by atoms with Crippen molar-refractivity contribution in [3.63, 3.8) is 0 Å². The molecule has 4 rings (SSSR count). The van der Waals surface area contributed by atoms with Gasteiger partial charge in [-0.05, 0) is 42.3 Å². The Hall–Kier alpha value is -2.98. The largest absolute Gasteiger partial charge is 0.463 e. The van der Waals surface area contributed by atoms with Gasteiger partial charge in [0.2, 0.25) is 6.29 Å². The Bertz CT molecular complexity index is 909. The summed E-state index contributed by atoms with van der Waals surface area (Å²) < 4.78 is 11.4. The second-order valence-corrected chi connectivity index (χ2v) is 6.31. The number of hydrogen-bond donors (Lipinski definition) is 0. The molecule has 0 fully saturated rings. The van der Waals surface area contributed by atoms with E-state index in [1.807, 2.05) is 66.7 Å². The Kier molecular flexibility index (Phi) is 4.50. The number of Topliss-reactive ketones (excluding diaryl/α,β-unsaturated/α-hetero) is 1. The predicted octanol–water partition coefficient (Wildman–Crippen LogP) is 4.16. The summed E-state index contributed by atoms with van der Waals surface area (Å²) >= 11 is 0. The van der Waals surface area contributed by atoms with Crippen LogP contribution in [0.1, 0.15) is 15.9 Å². The fourth-order valence-electron chi connectivity index (χ4n) is 3.32. The number of pyridine rings is 1. The fraction of sp³-hybridized carbons (Fsp3) is 0.182. The smallest absolute Gasteiger partial charge is 0.210 e. The predicted molar refractivity (Wildman–Crippen MR) is 99.1 cm³/mol. The Morgan fingerprint density at radius 1 is 1.04 bits per heavy atom. The van der Waals surface area contributed by atoms with Crippen LogP contribution in [-0.4, -0.2) is 24.2 Å². The van der Waals surface area contributed by atoms with Gasteiger partial charge in [-0.1, -0.05) is 36.4 Å². The van der Waals surface area contributed by atoms with Crippen LogP contribution in [-0.2, 0) is 11.2 Å². The summed E-state index contributed by atoms with van der Waals surface area (Å²) in [7, 11) is 1.57. The maximum Gasteiger partial charge on any atom is 0.210 e. The summed E-state index contributed by atoms with van der Waals surface area (Å²) in [6.07, 6.45) is 1.73. The Morgan fingerprint density at radius 3 is 2.58 bits per heavy atom. The maximum atomic E-state index is 13.2. The van der Waals surface area contributed by atoms with Gasteiger partial charge in [0.1, 0.15) is 5.75 Å². The van der Waals surface area contributed by atoms with E-state index < -0.39 is 6.29 Å². The topological polar surface area (TPSA) is 48.4 Å². The number of fused-ring (bicyclic) bond motifs is 1. The molecular formula is C22H19NO3. The third kappa shape index (κ3) is 3.11. The number of ketones is 1. The highest BCUT2D eigenvalue weighted by atomic mass is 16.7. The third-order valence-electron chi connectivity index (χ3n) is 4.64. The highest BCUT2D eigenvalue weighted by Crippen LogP contribution is 2.35. The summed E-state index contributed by atoms with van der Waals surface area (Å²) in [5, 5.41) is 0. The van der Waals surface area contributed by atoms with Crippen molar-refractivity contribution in [1.29, 1.82) is 0 Å². The first-order valence-electron chi connectivity index (χ1n) is 8.59. The van der Waals surface area contributed by atoms with Crippen LogP contribution in [0.3, 0.4) is 0 Å². The average Bonchev–Trinajstić information content (AvgIpc) is 2.71. The van der Waals surface area contributed by atoms with Gasteiger partial charge in [-0.3, -0.25) is 9.78 Å². The van der Waals surface area contributed by atoms with Gasteiger partial charge >= 0.3 is 0 Å². The molecule has 1 aliphatic heterocycles.